The number of piperidine rings is 1. The second-order valence-electron chi connectivity index (χ2n) is 9.14. The molecule has 0 atom stereocenters. The van der Waals surface area contributed by atoms with Crippen LogP contribution in [0.25, 0.3) is 0 Å². The van der Waals surface area contributed by atoms with E-state index in [4.69, 9.17) is 4.74 Å². The van der Waals surface area contributed by atoms with Gasteiger partial charge in [0.05, 0.1) is 10.8 Å². The molecule has 0 spiro atoms. The van der Waals surface area contributed by atoms with E-state index >= 15 is 0 Å². The van der Waals surface area contributed by atoms with Gasteiger partial charge in [0.25, 0.3) is 0 Å². The number of benzene rings is 1. The molecule has 1 aromatic heterocycles. The summed E-state index contributed by atoms with van der Waals surface area (Å²) in [6, 6.07) is 3.80. The normalized spacial score (nSPS) is 15.6. The largest absolute Gasteiger partial charge is 0.457 e. The lowest BCUT2D eigenvalue weighted by atomic mass is 9.98. The minimum atomic E-state index is -3.66. The number of sulfonamides is 1. The molecular weight excluding hydrogens is 440 g/mol. The molecule has 0 bridgehead atoms. The Hall–Kier alpha value is -2.45. The third-order valence-corrected chi connectivity index (χ3v) is 9.28. The molecule has 1 saturated heterocycles. The van der Waals surface area contributed by atoms with Gasteiger partial charge < -0.3 is 9.30 Å². The van der Waals surface area contributed by atoms with Crippen molar-refractivity contribution in [3.63, 3.8) is 0 Å². The third kappa shape index (κ3) is 4.77. The predicted molar refractivity (Wildman–Crippen MR) is 127 cm³/mol. The van der Waals surface area contributed by atoms with Crippen LogP contribution in [0.2, 0.25) is 0 Å². The highest BCUT2D eigenvalue weighted by molar-refractivity contribution is 7.89. The number of aromatic nitrogens is 1. The molecule has 8 heteroatoms. The van der Waals surface area contributed by atoms with E-state index in [2.05, 4.69) is 0 Å². The van der Waals surface area contributed by atoms with Crippen LogP contribution < -0.4 is 0 Å². The van der Waals surface area contributed by atoms with Gasteiger partial charge in [-0.2, -0.15) is 4.31 Å². The van der Waals surface area contributed by atoms with E-state index < -0.39 is 21.9 Å². The number of ether oxygens (including phenoxy) is 1. The van der Waals surface area contributed by atoms with Crippen LogP contribution in [-0.4, -0.2) is 48.7 Å². The number of rotatable bonds is 6. The quantitative estimate of drug-likeness (QED) is 0.471. The number of ketones is 1. The highest BCUT2D eigenvalue weighted by Crippen LogP contribution is 2.31. The van der Waals surface area contributed by atoms with E-state index in [0.717, 1.165) is 33.6 Å². The zero-order valence-electron chi connectivity index (χ0n) is 20.6. The molecule has 0 aliphatic carbocycles. The molecule has 0 amide bonds. The van der Waals surface area contributed by atoms with Crippen LogP contribution in [0.4, 0.5) is 0 Å². The van der Waals surface area contributed by atoms with Gasteiger partial charge in [-0.25, -0.2) is 8.42 Å². The summed E-state index contributed by atoms with van der Waals surface area (Å²) in [7, 11) is -1.78. The van der Waals surface area contributed by atoms with E-state index in [9.17, 15) is 18.0 Å². The highest BCUT2D eigenvalue weighted by atomic mass is 32.2. The van der Waals surface area contributed by atoms with Gasteiger partial charge in [0.2, 0.25) is 15.8 Å². The Morgan fingerprint density at radius 2 is 1.52 bits per heavy atom. The van der Waals surface area contributed by atoms with Gasteiger partial charge >= 0.3 is 5.97 Å². The van der Waals surface area contributed by atoms with Gasteiger partial charge in [-0.1, -0.05) is 6.07 Å². The Labute approximate surface area is 196 Å². The number of Topliss-reactive ketones (excluding diaryl/α,β-unsaturated/α-hetero) is 1. The summed E-state index contributed by atoms with van der Waals surface area (Å²) < 4.78 is 35.5. The van der Waals surface area contributed by atoms with Crippen molar-refractivity contribution in [1.82, 2.24) is 8.87 Å². The lowest BCUT2D eigenvalue weighted by Crippen LogP contribution is -2.41. The zero-order valence-corrected chi connectivity index (χ0v) is 21.4. The Morgan fingerprint density at radius 1 is 0.970 bits per heavy atom. The van der Waals surface area contributed by atoms with Gasteiger partial charge in [-0.05, 0) is 82.7 Å². The van der Waals surface area contributed by atoms with Crippen molar-refractivity contribution in [3.8, 4) is 0 Å². The van der Waals surface area contributed by atoms with Crippen LogP contribution in [-0.2, 0) is 26.6 Å². The van der Waals surface area contributed by atoms with Crippen LogP contribution in [0.15, 0.2) is 17.0 Å². The zero-order chi connectivity index (χ0) is 24.7. The van der Waals surface area contributed by atoms with Crippen LogP contribution in [0.5, 0.6) is 0 Å². The molecule has 0 unspecified atom stereocenters. The van der Waals surface area contributed by atoms with E-state index in [1.54, 1.807) is 6.07 Å². The maximum absolute atomic E-state index is 13.4. The maximum Gasteiger partial charge on any atom is 0.309 e. The Balaban J connectivity index is 1.63. The van der Waals surface area contributed by atoms with Crippen LogP contribution >= 0.6 is 0 Å². The lowest BCUT2D eigenvalue weighted by molar-refractivity contribution is -0.148. The average Bonchev–Trinajstić information content (AvgIpc) is 3.03. The van der Waals surface area contributed by atoms with Crippen LogP contribution in [0.1, 0.15) is 56.8 Å². The monoisotopic (exact) mass is 474 g/mol. The molecule has 2 heterocycles. The fraction of sp³-hybridized carbons (Fsp3) is 0.520. The van der Waals surface area contributed by atoms with E-state index in [1.807, 2.05) is 59.2 Å². The molecule has 0 radical (unpaired) electrons. The molecule has 180 valence electrons. The first-order valence-electron chi connectivity index (χ1n) is 11.3. The topological polar surface area (TPSA) is 85.7 Å². The van der Waals surface area contributed by atoms with Crippen molar-refractivity contribution >= 4 is 21.8 Å². The summed E-state index contributed by atoms with van der Waals surface area (Å²) in [4.78, 5) is 25.4. The average molecular weight is 475 g/mol. The standard InChI is InChI=1S/C25H34N2O5S/c1-15-12-16(2)19(5)24(18(15)4)33(30,31)27-10-8-21(9-11-27)25(29)32-14-23(28)22-13-17(3)26(7)20(22)6/h12-13,21H,8-11,14H2,1-7H3. The van der Waals surface area contributed by atoms with Gasteiger partial charge in [0.15, 0.2) is 6.61 Å². The van der Waals surface area contributed by atoms with Crippen molar-refractivity contribution < 1.29 is 22.7 Å². The molecule has 2 aromatic rings. The number of hydrogen-bond donors (Lipinski definition) is 0. The number of hydrogen-bond acceptors (Lipinski definition) is 5. The van der Waals surface area contributed by atoms with Crippen LogP contribution in [0, 0.1) is 47.5 Å². The van der Waals surface area contributed by atoms with E-state index in [-0.39, 0.29) is 25.5 Å². The summed E-state index contributed by atoms with van der Waals surface area (Å²) in [5.41, 5.74) is 5.79. The number of carbonyl (C=O) groups excluding carboxylic acids is 2. The van der Waals surface area contributed by atoms with Crippen molar-refractivity contribution in [2.75, 3.05) is 19.7 Å². The molecule has 1 fully saturated rings. The van der Waals surface area contributed by atoms with Gasteiger partial charge in [0, 0.05) is 37.1 Å². The molecular formula is C25H34N2O5S. The molecule has 1 aliphatic heterocycles. The van der Waals surface area contributed by atoms with Crippen molar-refractivity contribution in [2.45, 2.75) is 59.3 Å². The number of carbonyl (C=O) groups is 2. The Morgan fingerprint density at radius 3 is 2.00 bits per heavy atom. The Bertz CT molecular complexity index is 1180. The fourth-order valence-corrected chi connectivity index (χ4v) is 6.54. The fourth-order valence-electron chi connectivity index (χ4n) is 4.50. The first-order chi connectivity index (χ1) is 15.4. The minimum absolute atomic E-state index is 0.231. The predicted octanol–water partition coefficient (Wildman–Crippen LogP) is 3.70. The summed E-state index contributed by atoms with van der Waals surface area (Å²) in [6.07, 6.45) is 0.747. The van der Waals surface area contributed by atoms with Gasteiger partial charge in [0.1, 0.15) is 0 Å². The minimum Gasteiger partial charge on any atom is -0.457 e. The SMILES string of the molecule is Cc1cc(C)c(C)c(S(=O)(=O)N2CCC(C(=O)OCC(=O)c3cc(C)n(C)c3C)CC2)c1C. The van der Waals surface area contributed by atoms with Crippen molar-refractivity contribution in [2.24, 2.45) is 13.0 Å². The van der Waals surface area contributed by atoms with Crippen LogP contribution in [0.3, 0.4) is 0 Å². The lowest BCUT2D eigenvalue weighted by Gasteiger charge is -2.31. The van der Waals surface area contributed by atoms with Crippen molar-refractivity contribution in [1.29, 1.82) is 0 Å². The van der Waals surface area contributed by atoms with E-state index in [1.165, 1.54) is 4.31 Å². The first-order valence-corrected chi connectivity index (χ1v) is 12.7. The molecule has 33 heavy (non-hydrogen) atoms. The maximum atomic E-state index is 13.4. The third-order valence-electron chi connectivity index (χ3n) is 7.10. The van der Waals surface area contributed by atoms with Crippen molar-refractivity contribution in [3.05, 3.63) is 51.3 Å². The molecule has 0 N–H and O–H groups in total. The summed E-state index contributed by atoms with van der Waals surface area (Å²) in [5.74, 6) is -1.08. The molecule has 1 aliphatic rings. The molecule has 0 saturated carbocycles. The smallest absolute Gasteiger partial charge is 0.309 e. The van der Waals surface area contributed by atoms with Gasteiger partial charge in [-0.3, -0.25) is 9.59 Å². The molecule has 3 rings (SSSR count). The second-order valence-corrected chi connectivity index (χ2v) is 11.0. The molecule has 1 aromatic carbocycles. The number of esters is 1. The van der Waals surface area contributed by atoms with E-state index in [0.29, 0.717) is 23.3 Å². The highest BCUT2D eigenvalue weighted by Gasteiger charge is 2.35. The summed E-state index contributed by atoms with van der Waals surface area (Å²) >= 11 is 0. The Kier molecular flexibility index (Phi) is 7.19. The summed E-state index contributed by atoms with van der Waals surface area (Å²) in [5, 5.41) is 0. The molecule has 7 nitrogen and oxygen atoms in total. The number of nitrogens with zero attached hydrogens (tertiary/aromatic N) is 2. The number of aryl methyl sites for hydroxylation is 3. The second kappa shape index (κ2) is 9.43. The summed E-state index contributed by atoms with van der Waals surface area (Å²) in [6.45, 7) is 11.5. The first kappa shape index (κ1) is 25.2. The van der Waals surface area contributed by atoms with Gasteiger partial charge in [-0.15, -0.1) is 0 Å².